The molecule has 0 saturated carbocycles. The third-order valence-electron chi connectivity index (χ3n) is 1.97. The summed E-state index contributed by atoms with van der Waals surface area (Å²) in [7, 11) is 1.59. The number of hydrogen-bond donors (Lipinski definition) is 1. The van der Waals surface area contributed by atoms with Crippen molar-refractivity contribution < 1.29 is 14.3 Å². The number of anilines is 1. The van der Waals surface area contributed by atoms with E-state index in [0.29, 0.717) is 30.9 Å². The first-order chi connectivity index (χ1) is 7.66. The molecule has 1 aromatic carbocycles. The second kappa shape index (κ2) is 6.35. The van der Waals surface area contributed by atoms with Crippen molar-refractivity contribution in [3.05, 3.63) is 28.8 Å². The van der Waals surface area contributed by atoms with Crippen LogP contribution in [0.15, 0.2) is 18.2 Å². The maximum atomic E-state index is 11.6. The van der Waals surface area contributed by atoms with Gasteiger partial charge in [0.05, 0.1) is 22.9 Å². The molecule has 0 spiro atoms. The molecule has 4 nitrogen and oxygen atoms in total. The Morgan fingerprint density at radius 2 is 2.19 bits per heavy atom. The predicted molar refractivity (Wildman–Crippen MR) is 62.6 cm³/mol. The molecular formula is C11H14ClNO3. The van der Waals surface area contributed by atoms with Crippen LogP contribution in [0.5, 0.6) is 0 Å². The van der Waals surface area contributed by atoms with E-state index < -0.39 is 5.97 Å². The number of rotatable bonds is 5. The number of halogens is 1. The number of carbonyl (C=O) groups is 1. The molecule has 0 radical (unpaired) electrons. The van der Waals surface area contributed by atoms with Crippen molar-refractivity contribution >= 4 is 23.3 Å². The van der Waals surface area contributed by atoms with Crippen LogP contribution in [0.25, 0.3) is 0 Å². The van der Waals surface area contributed by atoms with E-state index in [1.807, 2.05) is 0 Å². The minimum absolute atomic E-state index is 0.235. The Balaban J connectivity index is 2.56. The van der Waals surface area contributed by atoms with Gasteiger partial charge in [0.25, 0.3) is 0 Å². The first kappa shape index (κ1) is 12.8. The van der Waals surface area contributed by atoms with E-state index in [2.05, 4.69) is 0 Å². The molecule has 0 aliphatic heterocycles. The number of ether oxygens (including phenoxy) is 2. The molecule has 0 aliphatic carbocycles. The molecule has 0 heterocycles. The third-order valence-corrected chi connectivity index (χ3v) is 2.40. The summed E-state index contributed by atoms with van der Waals surface area (Å²) < 4.78 is 9.84. The monoisotopic (exact) mass is 243 g/mol. The number of nitrogen functional groups attached to an aromatic ring is 1. The maximum absolute atomic E-state index is 11.6. The first-order valence-corrected chi connectivity index (χ1v) is 5.24. The van der Waals surface area contributed by atoms with E-state index in [1.54, 1.807) is 25.3 Å². The Morgan fingerprint density at radius 1 is 1.44 bits per heavy atom. The van der Waals surface area contributed by atoms with Gasteiger partial charge in [-0.15, -0.1) is 0 Å². The van der Waals surface area contributed by atoms with E-state index in [0.717, 1.165) is 0 Å². The molecule has 0 aromatic heterocycles. The zero-order valence-corrected chi connectivity index (χ0v) is 9.79. The van der Waals surface area contributed by atoms with Gasteiger partial charge in [0.15, 0.2) is 0 Å². The normalized spacial score (nSPS) is 10.1. The standard InChI is InChI=1S/C11H14ClNO3/c1-15-6-3-7-16-11(14)8-4-2-5-9(13)10(8)12/h2,4-5H,3,6-7,13H2,1H3. The highest BCUT2D eigenvalue weighted by Crippen LogP contribution is 2.23. The quantitative estimate of drug-likeness (QED) is 0.489. The molecule has 5 heteroatoms. The van der Waals surface area contributed by atoms with Crippen LogP contribution in [-0.4, -0.2) is 26.3 Å². The highest BCUT2D eigenvalue weighted by Gasteiger charge is 2.12. The lowest BCUT2D eigenvalue weighted by Gasteiger charge is -2.07. The molecule has 0 saturated heterocycles. The molecule has 0 atom stereocenters. The summed E-state index contributed by atoms with van der Waals surface area (Å²) in [6, 6.07) is 4.87. The number of methoxy groups -OCH3 is 1. The molecule has 88 valence electrons. The molecule has 0 amide bonds. The lowest BCUT2D eigenvalue weighted by molar-refractivity contribution is 0.0468. The third kappa shape index (κ3) is 3.40. The van der Waals surface area contributed by atoms with E-state index in [-0.39, 0.29) is 5.02 Å². The zero-order chi connectivity index (χ0) is 12.0. The molecule has 2 N–H and O–H groups in total. The summed E-state index contributed by atoms with van der Waals surface area (Å²) in [6.07, 6.45) is 0.655. The Morgan fingerprint density at radius 3 is 2.88 bits per heavy atom. The molecule has 1 aromatic rings. The van der Waals surface area contributed by atoms with Crippen molar-refractivity contribution in [1.82, 2.24) is 0 Å². The van der Waals surface area contributed by atoms with E-state index >= 15 is 0 Å². The topological polar surface area (TPSA) is 61.5 Å². The van der Waals surface area contributed by atoms with Crippen LogP contribution >= 0.6 is 11.6 Å². The van der Waals surface area contributed by atoms with Gasteiger partial charge in [0.2, 0.25) is 0 Å². The molecule has 0 aliphatic rings. The van der Waals surface area contributed by atoms with Gasteiger partial charge in [-0.05, 0) is 12.1 Å². The zero-order valence-electron chi connectivity index (χ0n) is 9.03. The van der Waals surface area contributed by atoms with Gasteiger partial charge in [0, 0.05) is 20.1 Å². The van der Waals surface area contributed by atoms with Gasteiger partial charge in [-0.1, -0.05) is 17.7 Å². The van der Waals surface area contributed by atoms with Crippen LogP contribution in [0.3, 0.4) is 0 Å². The van der Waals surface area contributed by atoms with Crippen LogP contribution in [0.4, 0.5) is 5.69 Å². The van der Waals surface area contributed by atoms with Gasteiger partial charge < -0.3 is 15.2 Å². The Hall–Kier alpha value is -1.26. The Labute approximate surface area is 99.3 Å². The molecule has 0 unspecified atom stereocenters. The van der Waals surface area contributed by atoms with Crippen LogP contribution in [0.1, 0.15) is 16.8 Å². The van der Waals surface area contributed by atoms with Gasteiger partial charge in [-0.25, -0.2) is 4.79 Å². The number of benzene rings is 1. The van der Waals surface area contributed by atoms with Crippen molar-refractivity contribution in [2.75, 3.05) is 26.1 Å². The number of esters is 1. The van der Waals surface area contributed by atoms with Gasteiger partial charge >= 0.3 is 5.97 Å². The molecule has 0 fully saturated rings. The lowest BCUT2D eigenvalue weighted by atomic mass is 10.2. The molecule has 0 bridgehead atoms. The summed E-state index contributed by atoms with van der Waals surface area (Å²) in [6.45, 7) is 0.857. The predicted octanol–water partition coefficient (Wildman–Crippen LogP) is 2.12. The number of nitrogens with two attached hydrogens (primary N) is 1. The number of hydrogen-bond acceptors (Lipinski definition) is 4. The summed E-state index contributed by atoms with van der Waals surface area (Å²) in [5, 5.41) is 0.235. The van der Waals surface area contributed by atoms with Gasteiger partial charge in [-0.2, -0.15) is 0 Å². The van der Waals surface area contributed by atoms with E-state index in [1.165, 1.54) is 0 Å². The number of carbonyl (C=O) groups excluding carboxylic acids is 1. The smallest absolute Gasteiger partial charge is 0.339 e. The van der Waals surface area contributed by atoms with Crippen LogP contribution in [-0.2, 0) is 9.47 Å². The fourth-order valence-corrected chi connectivity index (χ4v) is 1.36. The average Bonchev–Trinajstić information content (AvgIpc) is 2.28. The van der Waals surface area contributed by atoms with Crippen molar-refractivity contribution in [3.8, 4) is 0 Å². The molecule has 1 rings (SSSR count). The van der Waals surface area contributed by atoms with Crippen LogP contribution in [0.2, 0.25) is 5.02 Å². The van der Waals surface area contributed by atoms with Crippen LogP contribution in [0, 0.1) is 0 Å². The van der Waals surface area contributed by atoms with Crippen molar-refractivity contribution in [2.45, 2.75) is 6.42 Å². The van der Waals surface area contributed by atoms with E-state index in [9.17, 15) is 4.79 Å². The first-order valence-electron chi connectivity index (χ1n) is 4.87. The Bertz CT molecular complexity index is 368. The van der Waals surface area contributed by atoms with Crippen molar-refractivity contribution in [2.24, 2.45) is 0 Å². The van der Waals surface area contributed by atoms with Crippen molar-refractivity contribution in [1.29, 1.82) is 0 Å². The van der Waals surface area contributed by atoms with Crippen LogP contribution < -0.4 is 5.73 Å². The van der Waals surface area contributed by atoms with E-state index in [4.69, 9.17) is 26.8 Å². The van der Waals surface area contributed by atoms with Gasteiger partial charge in [0.1, 0.15) is 0 Å². The van der Waals surface area contributed by atoms with Gasteiger partial charge in [-0.3, -0.25) is 0 Å². The molecular weight excluding hydrogens is 230 g/mol. The maximum Gasteiger partial charge on any atom is 0.339 e. The largest absolute Gasteiger partial charge is 0.462 e. The lowest BCUT2D eigenvalue weighted by Crippen LogP contribution is -2.09. The fraction of sp³-hybridized carbons (Fsp3) is 0.364. The molecule has 16 heavy (non-hydrogen) atoms. The summed E-state index contributed by atoms with van der Waals surface area (Å²) in [5.41, 5.74) is 6.23. The summed E-state index contributed by atoms with van der Waals surface area (Å²) >= 11 is 5.88. The summed E-state index contributed by atoms with van der Waals surface area (Å²) in [4.78, 5) is 11.6. The second-order valence-electron chi connectivity index (χ2n) is 3.19. The summed E-state index contributed by atoms with van der Waals surface area (Å²) in [5.74, 6) is -0.464. The minimum atomic E-state index is -0.464. The average molecular weight is 244 g/mol. The highest BCUT2D eigenvalue weighted by molar-refractivity contribution is 6.36. The minimum Gasteiger partial charge on any atom is -0.462 e. The fourth-order valence-electron chi connectivity index (χ4n) is 1.15. The Kier molecular flexibility index (Phi) is 5.08. The highest BCUT2D eigenvalue weighted by atomic mass is 35.5. The van der Waals surface area contributed by atoms with Crippen molar-refractivity contribution in [3.63, 3.8) is 0 Å². The second-order valence-corrected chi connectivity index (χ2v) is 3.57. The SMILES string of the molecule is COCCCOC(=O)c1cccc(N)c1Cl.